The van der Waals surface area contributed by atoms with Crippen molar-refractivity contribution in [1.82, 2.24) is 0 Å². The van der Waals surface area contributed by atoms with Gasteiger partial charge < -0.3 is 4.74 Å². The van der Waals surface area contributed by atoms with Gasteiger partial charge in [-0.1, -0.05) is 29.8 Å². The van der Waals surface area contributed by atoms with Crippen molar-refractivity contribution in [3.8, 4) is 0 Å². The van der Waals surface area contributed by atoms with Crippen molar-refractivity contribution >= 4 is 23.4 Å². The third-order valence-corrected chi connectivity index (χ3v) is 2.39. The molecule has 98 valence electrons. The number of benzene rings is 1. The van der Waals surface area contributed by atoms with Gasteiger partial charge in [0.25, 0.3) is 0 Å². The fourth-order valence-electron chi connectivity index (χ4n) is 1.39. The van der Waals surface area contributed by atoms with E-state index < -0.39 is 11.7 Å². The topological polar surface area (TPSA) is 29.5 Å². The summed E-state index contributed by atoms with van der Waals surface area (Å²) in [7, 11) is 0. The lowest BCUT2D eigenvalue weighted by Crippen LogP contribution is -2.37. The molecule has 0 aromatic heterocycles. The first-order valence-corrected chi connectivity index (χ1v) is 6.09. The second kappa shape index (κ2) is 5.91. The van der Waals surface area contributed by atoms with Crippen LogP contribution in [-0.2, 0) is 4.74 Å². The monoisotopic (exact) mass is 267 g/mol. The molecule has 0 fully saturated rings. The van der Waals surface area contributed by atoms with Gasteiger partial charge >= 0.3 is 6.09 Å². The molecule has 0 aliphatic heterocycles. The minimum Gasteiger partial charge on any atom is -0.443 e. The zero-order valence-electron chi connectivity index (χ0n) is 10.9. The molecule has 0 saturated carbocycles. The Morgan fingerprint density at radius 2 is 2.06 bits per heavy atom. The van der Waals surface area contributed by atoms with Crippen LogP contribution in [0.15, 0.2) is 36.9 Å². The van der Waals surface area contributed by atoms with Crippen molar-refractivity contribution in [3.05, 3.63) is 41.9 Å². The van der Waals surface area contributed by atoms with Gasteiger partial charge in [-0.3, -0.25) is 4.90 Å². The molecule has 0 saturated heterocycles. The van der Waals surface area contributed by atoms with Crippen LogP contribution in [0.1, 0.15) is 20.8 Å². The van der Waals surface area contributed by atoms with E-state index in [4.69, 9.17) is 16.3 Å². The number of para-hydroxylation sites is 1. The summed E-state index contributed by atoms with van der Waals surface area (Å²) in [6.07, 6.45) is 1.20. The van der Waals surface area contributed by atoms with E-state index in [-0.39, 0.29) is 0 Å². The second-order valence-corrected chi connectivity index (χ2v) is 5.24. The molecule has 1 aromatic rings. The highest BCUT2D eigenvalue weighted by Gasteiger charge is 2.23. The molecule has 0 radical (unpaired) electrons. The van der Waals surface area contributed by atoms with E-state index in [0.717, 1.165) is 0 Å². The highest BCUT2D eigenvalue weighted by Crippen LogP contribution is 2.26. The highest BCUT2D eigenvalue weighted by atomic mass is 35.5. The van der Waals surface area contributed by atoms with Crippen LogP contribution in [0.3, 0.4) is 0 Å². The van der Waals surface area contributed by atoms with E-state index in [1.807, 2.05) is 32.9 Å². The number of carbonyl (C=O) groups excluding carboxylic acids is 1. The summed E-state index contributed by atoms with van der Waals surface area (Å²) in [5.74, 6) is 0. The van der Waals surface area contributed by atoms with Gasteiger partial charge in [0.15, 0.2) is 0 Å². The van der Waals surface area contributed by atoms with Crippen LogP contribution in [0.4, 0.5) is 10.5 Å². The number of anilines is 1. The Labute approximate surface area is 113 Å². The Hall–Kier alpha value is -1.48. The number of carbonyl (C=O) groups is 1. The largest absolute Gasteiger partial charge is 0.443 e. The molecule has 0 aliphatic rings. The summed E-state index contributed by atoms with van der Waals surface area (Å²) in [6.45, 7) is 9.46. The Bertz CT molecular complexity index is 438. The lowest BCUT2D eigenvalue weighted by atomic mass is 10.2. The average molecular weight is 268 g/mol. The van der Waals surface area contributed by atoms with Crippen molar-refractivity contribution in [3.63, 3.8) is 0 Å². The Kier molecular flexibility index (Phi) is 4.79. The van der Waals surface area contributed by atoms with E-state index in [0.29, 0.717) is 17.3 Å². The first kappa shape index (κ1) is 14.6. The Balaban J connectivity index is 3.00. The van der Waals surface area contributed by atoms with Crippen LogP contribution in [0.25, 0.3) is 0 Å². The van der Waals surface area contributed by atoms with E-state index in [2.05, 4.69) is 6.58 Å². The molecule has 0 spiro atoms. The predicted molar refractivity (Wildman–Crippen MR) is 75.2 cm³/mol. The lowest BCUT2D eigenvalue weighted by Gasteiger charge is -2.27. The fraction of sp³-hybridized carbons (Fsp3) is 0.357. The molecular weight excluding hydrogens is 250 g/mol. The van der Waals surface area contributed by atoms with Crippen LogP contribution in [0, 0.1) is 0 Å². The van der Waals surface area contributed by atoms with Gasteiger partial charge in [0.2, 0.25) is 0 Å². The first-order chi connectivity index (χ1) is 8.35. The fourth-order valence-corrected chi connectivity index (χ4v) is 1.63. The summed E-state index contributed by atoms with van der Waals surface area (Å²) in [5.41, 5.74) is 0.0749. The average Bonchev–Trinajstić information content (AvgIpc) is 2.24. The predicted octanol–water partition coefficient (Wildman–Crippen LogP) is 4.27. The van der Waals surface area contributed by atoms with Crippen LogP contribution in [0.5, 0.6) is 0 Å². The molecule has 18 heavy (non-hydrogen) atoms. The number of halogens is 1. The summed E-state index contributed by atoms with van der Waals surface area (Å²) in [5, 5.41) is 0.505. The molecule has 0 bridgehead atoms. The molecule has 0 aliphatic carbocycles. The number of nitrogens with zero attached hydrogens (tertiary/aromatic N) is 1. The zero-order valence-corrected chi connectivity index (χ0v) is 11.7. The minimum absolute atomic E-state index is 0.346. The van der Waals surface area contributed by atoms with Gasteiger partial charge in [0.05, 0.1) is 10.7 Å². The maximum absolute atomic E-state index is 12.1. The lowest BCUT2D eigenvalue weighted by molar-refractivity contribution is 0.0584. The molecule has 0 heterocycles. The third-order valence-electron chi connectivity index (χ3n) is 2.07. The summed E-state index contributed by atoms with van der Waals surface area (Å²) in [4.78, 5) is 13.6. The van der Waals surface area contributed by atoms with Crippen LogP contribution in [-0.4, -0.2) is 18.2 Å². The van der Waals surface area contributed by atoms with Gasteiger partial charge in [-0.05, 0) is 32.9 Å². The quantitative estimate of drug-likeness (QED) is 0.766. The van der Waals surface area contributed by atoms with Crippen LogP contribution in [0.2, 0.25) is 5.02 Å². The summed E-state index contributed by atoms with van der Waals surface area (Å²) < 4.78 is 5.34. The maximum atomic E-state index is 12.1. The molecule has 0 atom stereocenters. The number of ether oxygens (including phenoxy) is 1. The van der Waals surface area contributed by atoms with E-state index in [9.17, 15) is 4.79 Å². The van der Waals surface area contributed by atoms with Crippen molar-refractivity contribution in [2.75, 3.05) is 11.4 Å². The summed E-state index contributed by atoms with van der Waals surface area (Å²) in [6, 6.07) is 7.14. The zero-order chi connectivity index (χ0) is 13.8. The van der Waals surface area contributed by atoms with Crippen molar-refractivity contribution in [1.29, 1.82) is 0 Å². The van der Waals surface area contributed by atoms with Gasteiger partial charge in [-0.2, -0.15) is 0 Å². The molecular formula is C14H18ClNO2. The van der Waals surface area contributed by atoms with Crippen LogP contribution < -0.4 is 4.90 Å². The first-order valence-electron chi connectivity index (χ1n) is 5.71. The second-order valence-electron chi connectivity index (χ2n) is 4.83. The van der Waals surface area contributed by atoms with Gasteiger partial charge in [-0.15, -0.1) is 6.58 Å². The number of hydrogen-bond donors (Lipinski definition) is 0. The molecule has 0 unspecified atom stereocenters. The van der Waals surface area contributed by atoms with Gasteiger partial charge in [0.1, 0.15) is 5.60 Å². The van der Waals surface area contributed by atoms with Crippen molar-refractivity contribution < 1.29 is 9.53 Å². The highest BCUT2D eigenvalue weighted by molar-refractivity contribution is 6.33. The molecule has 1 amide bonds. The number of hydrogen-bond acceptors (Lipinski definition) is 2. The molecule has 1 rings (SSSR count). The smallest absolute Gasteiger partial charge is 0.415 e. The van der Waals surface area contributed by atoms with E-state index in [1.54, 1.807) is 18.2 Å². The number of rotatable bonds is 3. The molecule has 1 aromatic carbocycles. The van der Waals surface area contributed by atoms with Crippen molar-refractivity contribution in [2.45, 2.75) is 26.4 Å². The third kappa shape index (κ3) is 4.08. The SMILES string of the molecule is C=CCN(C(=O)OC(C)(C)C)c1ccccc1Cl. The summed E-state index contributed by atoms with van der Waals surface area (Å²) >= 11 is 6.09. The molecule has 4 heteroatoms. The molecule has 3 nitrogen and oxygen atoms in total. The minimum atomic E-state index is -0.544. The van der Waals surface area contributed by atoms with E-state index >= 15 is 0 Å². The Morgan fingerprint density at radius 1 is 1.44 bits per heavy atom. The van der Waals surface area contributed by atoms with E-state index in [1.165, 1.54) is 4.90 Å². The van der Waals surface area contributed by atoms with Crippen molar-refractivity contribution in [2.24, 2.45) is 0 Å². The van der Waals surface area contributed by atoms with Gasteiger partial charge in [0, 0.05) is 6.54 Å². The number of amides is 1. The van der Waals surface area contributed by atoms with Gasteiger partial charge in [-0.25, -0.2) is 4.79 Å². The standard InChI is InChI=1S/C14H18ClNO2/c1-5-10-16(13(17)18-14(2,3)4)12-9-7-6-8-11(12)15/h5-9H,1,10H2,2-4H3. The normalized spacial score (nSPS) is 10.9. The Morgan fingerprint density at radius 3 is 2.56 bits per heavy atom. The maximum Gasteiger partial charge on any atom is 0.415 e. The van der Waals surface area contributed by atoms with Crippen LogP contribution >= 0.6 is 11.6 Å². The molecule has 0 N–H and O–H groups in total.